The summed E-state index contributed by atoms with van der Waals surface area (Å²) in [6.45, 7) is 6.14. The molecule has 0 radical (unpaired) electrons. The normalized spacial score (nSPS) is 21.7. The van der Waals surface area contributed by atoms with Crippen molar-refractivity contribution in [2.75, 3.05) is 39.3 Å². The molecule has 0 aromatic carbocycles. The van der Waals surface area contributed by atoms with Gasteiger partial charge < -0.3 is 4.90 Å². The number of thiophene rings is 1. The second-order valence-electron chi connectivity index (χ2n) is 5.54. The summed E-state index contributed by atoms with van der Waals surface area (Å²) in [5.74, 6) is 1.22. The lowest BCUT2D eigenvalue weighted by atomic mass is 10.2. The van der Waals surface area contributed by atoms with Crippen molar-refractivity contribution in [2.24, 2.45) is 5.92 Å². The van der Waals surface area contributed by atoms with Gasteiger partial charge in [-0.3, -0.25) is 9.69 Å². The van der Waals surface area contributed by atoms with Gasteiger partial charge in [-0.25, -0.2) is 0 Å². The van der Waals surface area contributed by atoms with Gasteiger partial charge in [0.05, 0.1) is 11.4 Å². The monoisotopic (exact) mass is 342 g/mol. The minimum absolute atomic E-state index is 0.248. The average Bonchev–Trinajstić information content (AvgIpc) is 3.11. The number of carbonyl (C=O) groups excluding carboxylic acids is 1. The molecule has 0 unspecified atom stereocenters. The maximum absolute atomic E-state index is 12.2. The van der Waals surface area contributed by atoms with Crippen LogP contribution in [-0.2, 0) is 0 Å². The van der Waals surface area contributed by atoms with Crippen LogP contribution in [0.3, 0.4) is 0 Å². The summed E-state index contributed by atoms with van der Waals surface area (Å²) in [6.07, 6.45) is 2.84. The first-order valence-electron chi connectivity index (χ1n) is 6.93. The smallest absolute Gasteiger partial charge is 0.187 e. The molecule has 19 heavy (non-hydrogen) atoms. The molecule has 1 aliphatic heterocycles. The van der Waals surface area contributed by atoms with Gasteiger partial charge in [0.25, 0.3) is 0 Å². The van der Waals surface area contributed by atoms with Crippen LogP contribution in [0.5, 0.6) is 0 Å². The van der Waals surface area contributed by atoms with E-state index in [9.17, 15) is 4.79 Å². The lowest BCUT2D eigenvalue weighted by molar-refractivity contribution is 0.0850. The maximum Gasteiger partial charge on any atom is 0.187 e. The highest BCUT2D eigenvalue weighted by Crippen LogP contribution is 2.30. The van der Waals surface area contributed by atoms with E-state index in [-0.39, 0.29) is 5.78 Å². The van der Waals surface area contributed by atoms with E-state index in [1.54, 1.807) is 0 Å². The molecule has 2 aliphatic rings. The van der Waals surface area contributed by atoms with Crippen molar-refractivity contribution in [1.29, 1.82) is 0 Å². The molecule has 3 nitrogen and oxygen atoms in total. The Morgan fingerprint density at radius 3 is 2.53 bits per heavy atom. The van der Waals surface area contributed by atoms with E-state index < -0.39 is 0 Å². The second-order valence-corrected chi connectivity index (χ2v) is 7.31. The van der Waals surface area contributed by atoms with Crippen LogP contribution in [-0.4, -0.2) is 54.9 Å². The Morgan fingerprint density at radius 2 is 1.95 bits per heavy atom. The van der Waals surface area contributed by atoms with E-state index in [1.165, 1.54) is 30.7 Å². The molecule has 2 heterocycles. The third-order valence-electron chi connectivity index (χ3n) is 3.92. The number of hydrogen-bond acceptors (Lipinski definition) is 4. The largest absolute Gasteiger partial charge is 0.301 e. The molecular formula is C14H19BrN2OS. The summed E-state index contributed by atoms with van der Waals surface area (Å²) in [5, 5.41) is 1.96. The zero-order chi connectivity index (χ0) is 13.2. The minimum atomic E-state index is 0.248. The molecule has 5 heteroatoms. The fourth-order valence-corrected chi connectivity index (χ4v) is 4.09. The molecule has 0 atom stereocenters. The molecule has 1 saturated heterocycles. The Balaban J connectivity index is 1.46. The van der Waals surface area contributed by atoms with E-state index in [2.05, 4.69) is 25.7 Å². The van der Waals surface area contributed by atoms with Gasteiger partial charge in [-0.1, -0.05) is 0 Å². The molecule has 1 aromatic heterocycles. The first kappa shape index (κ1) is 13.7. The van der Waals surface area contributed by atoms with E-state index in [4.69, 9.17) is 0 Å². The quantitative estimate of drug-likeness (QED) is 0.768. The van der Waals surface area contributed by atoms with Crippen LogP contribution in [0, 0.1) is 5.92 Å². The van der Waals surface area contributed by atoms with Gasteiger partial charge in [0.1, 0.15) is 0 Å². The van der Waals surface area contributed by atoms with Gasteiger partial charge in [0, 0.05) is 37.2 Å². The first-order chi connectivity index (χ1) is 9.22. The SMILES string of the molecule is O=C(CN1CCN(CC2CC2)CC1)c1sccc1Br. The van der Waals surface area contributed by atoms with Gasteiger partial charge in [-0.2, -0.15) is 0 Å². The number of nitrogens with zero attached hydrogens (tertiary/aromatic N) is 2. The summed E-state index contributed by atoms with van der Waals surface area (Å²) in [4.78, 5) is 17.9. The fourth-order valence-electron chi connectivity index (χ4n) is 2.56. The van der Waals surface area contributed by atoms with Gasteiger partial charge >= 0.3 is 0 Å². The molecule has 3 rings (SSSR count). The Hall–Kier alpha value is -0.230. The number of Topliss-reactive ketones (excluding diaryl/α,β-unsaturated/α-hetero) is 1. The second kappa shape index (κ2) is 6.04. The van der Waals surface area contributed by atoms with E-state index >= 15 is 0 Å². The number of halogens is 1. The summed E-state index contributed by atoms with van der Waals surface area (Å²) in [7, 11) is 0. The molecule has 0 spiro atoms. The van der Waals surface area contributed by atoms with E-state index in [0.717, 1.165) is 41.4 Å². The molecule has 2 fully saturated rings. The Labute approximate surface area is 126 Å². The van der Waals surface area contributed by atoms with E-state index in [1.807, 2.05) is 11.4 Å². The summed E-state index contributed by atoms with van der Waals surface area (Å²) >= 11 is 4.97. The highest BCUT2D eigenvalue weighted by molar-refractivity contribution is 9.10. The Kier molecular flexibility index (Phi) is 4.37. The van der Waals surface area contributed by atoms with Crippen LogP contribution < -0.4 is 0 Å². The molecule has 104 valence electrons. The number of hydrogen-bond donors (Lipinski definition) is 0. The molecular weight excluding hydrogens is 324 g/mol. The molecule has 1 saturated carbocycles. The number of rotatable bonds is 5. The van der Waals surface area contributed by atoms with Crippen molar-refractivity contribution >= 4 is 33.0 Å². The predicted molar refractivity (Wildman–Crippen MR) is 82.0 cm³/mol. The fraction of sp³-hybridized carbons (Fsp3) is 0.643. The predicted octanol–water partition coefficient (Wildman–Crippen LogP) is 2.72. The average molecular weight is 343 g/mol. The highest BCUT2D eigenvalue weighted by atomic mass is 79.9. The van der Waals surface area contributed by atoms with Gasteiger partial charge in [0.2, 0.25) is 0 Å². The molecule has 0 bridgehead atoms. The maximum atomic E-state index is 12.2. The van der Waals surface area contributed by atoms with Crippen LogP contribution in [0.25, 0.3) is 0 Å². The van der Waals surface area contributed by atoms with Crippen molar-refractivity contribution < 1.29 is 4.79 Å². The van der Waals surface area contributed by atoms with Crippen molar-refractivity contribution in [3.63, 3.8) is 0 Å². The molecule has 0 N–H and O–H groups in total. The Morgan fingerprint density at radius 1 is 1.26 bits per heavy atom. The number of piperazine rings is 1. The first-order valence-corrected chi connectivity index (χ1v) is 8.60. The topological polar surface area (TPSA) is 23.6 Å². The lowest BCUT2D eigenvalue weighted by Gasteiger charge is -2.34. The summed E-state index contributed by atoms with van der Waals surface area (Å²) < 4.78 is 0.940. The van der Waals surface area contributed by atoms with Crippen LogP contribution in [0.4, 0.5) is 0 Å². The van der Waals surface area contributed by atoms with E-state index in [0.29, 0.717) is 6.54 Å². The van der Waals surface area contributed by atoms with Crippen LogP contribution in [0.15, 0.2) is 15.9 Å². The van der Waals surface area contributed by atoms with Gasteiger partial charge in [0.15, 0.2) is 5.78 Å². The molecule has 0 amide bonds. The number of carbonyl (C=O) groups is 1. The number of ketones is 1. The zero-order valence-electron chi connectivity index (χ0n) is 11.0. The van der Waals surface area contributed by atoms with Crippen molar-refractivity contribution in [3.05, 3.63) is 20.8 Å². The van der Waals surface area contributed by atoms with Gasteiger partial charge in [-0.15, -0.1) is 11.3 Å². The van der Waals surface area contributed by atoms with Crippen LogP contribution in [0.1, 0.15) is 22.5 Å². The van der Waals surface area contributed by atoms with Crippen molar-refractivity contribution in [1.82, 2.24) is 9.80 Å². The third kappa shape index (κ3) is 3.66. The van der Waals surface area contributed by atoms with Gasteiger partial charge in [-0.05, 0) is 46.1 Å². The molecule has 1 aromatic rings. The molecule has 1 aliphatic carbocycles. The zero-order valence-corrected chi connectivity index (χ0v) is 13.4. The van der Waals surface area contributed by atoms with Crippen molar-refractivity contribution in [2.45, 2.75) is 12.8 Å². The lowest BCUT2D eigenvalue weighted by Crippen LogP contribution is -2.48. The van der Waals surface area contributed by atoms with Crippen LogP contribution in [0.2, 0.25) is 0 Å². The standard InChI is InChI=1S/C14H19BrN2OS/c15-12-3-8-19-14(12)13(18)10-17-6-4-16(5-7-17)9-11-1-2-11/h3,8,11H,1-2,4-7,9-10H2. The third-order valence-corrected chi connectivity index (χ3v) is 5.79. The summed E-state index contributed by atoms with van der Waals surface area (Å²) in [6, 6.07) is 1.95. The Bertz CT molecular complexity index is 450. The van der Waals surface area contributed by atoms with Crippen LogP contribution >= 0.6 is 27.3 Å². The van der Waals surface area contributed by atoms with Crippen molar-refractivity contribution in [3.8, 4) is 0 Å². The highest BCUT2D eigenvalue weighted by Gasteiger charge is 2.27. The summed E-state index contributed by atoms with van der Waals surface area (Å²) in [5.41, 5.74) is 0. The minimum Gasteiger partial charge on any atom is -0.301 e.